The van der Waals surface area contributed by atoms with E-state index in [4.69, 9.17) is 4.74 Å². The molecule has 0 unspecified atom stereocenters. The number of carbonyl (C=O) groups excluding carboxylic acids is 1. The zero-order valence-electron chi connectivity index (χ0n) is 17.5. The zero-order chi connectivity index (χ0) is 21.4. The maximum atomic E-state index is 12.8. The van der Waals surface area contributed by atoms with Crippen LogP contribution in [0, 0.1) is 6.92 Å². The Bertz CT molecular complexity index is 1140. The fraction of sp³-hybridized carbons (Fsp3) is 0.333. The SMILES string of the molecule is Cc1cc(Nc2nc3n(n2)C=CN(c2cnn(C)c2)C3)ccc1C(=O)N1CCOCC1. The van der Waals surface area contributed by atoms with Crippen LogP contribution in [0.5, 0.6) is 0 Å². The van der Waals surface area contributed by atoms with E-state index < -0.39 is 0 Å². The molecular formula is C21H24N8O2. The molecule has 1 fully saturated rings. The van der Waals surface area contributed by atoms with E-state index >= 15 is 0 Å². The van der Waals surface area contributed by atoms with Gasteiger partial charge in [-0.3, -0.25) is 9.48 Å². The molecule has 4 heterocycles. The Hall–Kier alpha value is -3.66. The van der Waals surface area contributed by atoms with Crippen LogP contribution < -0.4 is 10.2 Å². The summed E-state index contributed by atoms with van der Waals surface area (Å²) in [5.41, 5.74) is 3.46. The Kier molecular flexibility index (Phi) is 4.91. The predicted molar refractivity (Wildman–Crippen MR) is 116 cm³/mol. The molecule has 2 aromatic heterocycles. The minimum atomic E-state index is 0.0450. The van der Waals surface area contributed by atoms with Gasteiger partial charge in [0.2, 0.25) is 5.95 Å². The van der Waals surface area contributed by atoms with Gasteiger partial charge in [0.05, 0.1) is 31.6 Å². The number of aromatic nitrogens is 5. The minimum Gasteiger partial charge on any atom is -0.378 e. The van der Waals surface area contributed by atoms with E-state index in [9.17, 15) is 4.79 Å². The number of hydrogen-bond acceptors (Lipinski definition) is 7. The zero-order valence-corrected chi connectivity index (χ0v) is 17.5. The molecule has 0 atom stereocenters. The van der Waals surface area contributed by atoms with Gasteiger partial charge in [-0.2, -0.15) is 10.1 Å². The Labute approximate surface area is 179 Å². The molecule has 1 aromatic carbocycles. The van der Waals surface area contributed by atoms with Crippen LogP contribution in [-0.4, -0.2) is 61.7 Å². The van der Waals surface area contributed by atoms with Crippen molar-refractivity contribution in [1.82, 2.24) is 29.4 Å². The number of ether oxygens (including phenoxy) is 1. The monoisotopic (exact) mass is 420 g/mol. The van der Waals surface area contributed by atoms with E-state index in [0.717, 1.165) is 22.8 Å². The van der Waals surface area contributed by atoms with Crippen molar-refractivity contribution < 1.29 is 9.53 Å². The van der Waals surface area contributed by atoms with E-state index in [0.29, 0.717) is 44.4 Å². The second-order valence-corrected chi connectivity index (χ2v) is 7.65. The van der Waals surface area contributed by atoms with Crippen LogP contribution in [0.15, 0.2) is 36.8 Å². The lowest BCUT2D eigenvalue weighted by atomic mass is 10.1. The number of amides is 1. The predicted octanol–water partition coefficient (Wildman–Crippen LogP) is 1.98. The van der Waals surface area contributed by atoms with Crippen molar-refractivity contribution in [2.24, 2.45) is 7.05 Å². The van der Waals surface area contributed by atoms with Gasteiger partial charge in [0, 0.05) is 50.0 Å². The van der Waals surface area contributed by atoms with E-state index in [-0.39, 0.29) is 5.91 Å². The number of benzene rings is 1. The van der Waals surface area contributed by atoms with Crippen molar-refractivity contribution in [1.29, 1.82) is 0 Å². The standard InChI is InChI=1S/C21H24N8O2/c1-15-11-16(3-4-18(15)20(30)27-7-9-31-10-8-27)23-21-24-19-14-28(5-6-29(19)25-21)17-12-22-26(2)13-17/h3-6,11-13H,7-10,14H2,1-2H3,(H,23,25). The summed E-state index contributed by atoms with van der Waals surface area (Å²) in [6.45, 7) is 4.99. The van der Waals surface area contributed by atoms with Crippen LogP contribution in [0.25, 0.3) is 6.20 Å². The number of fused-ring (bicyclic) bond motifs is 1. The molecule has 1 saturated heterocycles. The second kappa shape index (κ2) is 7.88. The van der Waals surface area contributed by atoms with Crippen molar-refractivity contribution in [3.63, 3.8) is 0 Å². The van der Waals surface area contributed by atoms with Crippen molar-refractivity contribution >= 4 is 29.4 Å². The Morgan fingerprint density at radius 3 is 2.77 bits per heavy atom. The van der Waals surface area contributed by atoms with Crippen LogP contribution in [0.1, 0.15) is 21.7 Å². The van der Waals surface area contributed by atoms with E-state index in [2.05, 4.69) is 25.4 Å². The average Bonchev–Trinajstić information content (AvgIpc) is 3.39. The highest BCUT2D eigenvalue weighted by molar-refractivity contribution is 5.96. The largest absolute Gasteiger partial charge is 0.378 e. The lowest BCUT2D eigenvalue weighted by Gasteiger charge is -2.27. The number of nitrogens with zero attached hydrogens (tertiary/aromatic N) is 7. The van der Waals surface area contributed by atoms with E-state index in [1.54, 1.807) is 9.36 Å². The molecule has 0 bridgehead atoms. The van der Waals surface area contributed by atoms with Crippen molar-refractivity contribution in [3.8, 4) is 0 Å². The molecule has 0 aliphatic carbocycles. The van der Waals surface area contributed by atoms with Crippen molar-refractivity contribution in [2.45, 2.75) is 13.5 Å². The highest BCUT2D eigenvalue weighted by Gasteiger charge is 2.21. The summed E-state index contributed by atoms with van der Waals surface area (Å²) < 4.78 is 8.87. The fourth-order valence-electron chi connectivity index (χ4n) is 3.77. The van der Waals surface area contributed by atoms with Crippen LogP contribution >= 0.6 is 0 Å². The number of nitrogens with one attached hydrogen (secondary N) is 1. The van der Waals surface area contributed by atoms with Gasteiger partial charge in [-0.1, -0.05) is 0 Å². The summed E-state index contributed by atoms with van der Waals surface area (Å²) in [5.74, 6) is 1.38. The molecule has 3 aromatic rings. The highest BCUT2D eigenvalue weighted by Crippen LogP contribution is 2.23. The maximum absolute atomic E-state index is 12.8. The fourth-order valence-corrected chi connectivity index (χ4v) is 3.77. The first-order valence-electron chi connectivity index (χ1n) is 10.2. The lowest BCUT2D eigenvalue weighted by molar-refractivity contribution is 0.0302. The first-order valence-corrected chi connectivity index (χ1v) is 10.2. The molecule has 0 saturated carbocycles. The summed E-state index contributed by atoms with van der Waals surface area (Å²) in [6, 6.07) is 5.69. The van der Waals surface area contributed by atoms with Crippen molar-refractivity contribution in [2.75, 3.05) is 36.5 Å². The molecule has 5 rings (SSSR count). The summed E-state index contributed by atoms with van der Waals surface area (Å²) >= 11 is 0. The third-order valence-electron chi connectivity index (χ3n) is 5.44. The van der Waals surface area contributed by atoms with Crippen molar-refractivity contribution in [3.05, 3.63) is 53.7 Å². The molecule has 10 nitrogen and oxygen atoms in total. The van der Waals surface area contributed by atoms with E-state index in [1.807, 2.05) is 61.9 Å². The molecule has 0 radical (unpaired) electrons. The number of anilines is 3. The quantitative estimate of drug-likeness (QED) is 0.690. The molecule has 2 aliphatic heterocycles. The molecule has 160 valence electrons. The maximum Gasteiger partial charge on any atom is 0.254 e. The molecule has 1 N–H and O–H groups in total. The number of rotatable bonds is 4. The van der Waals surface area contributed by atoms with Gasteiger partial charge in [0.25, 0.3) is 5.91 Å². The summed E-state index contributed by atoms with van der Waals surface area (Å²) in [7, 11) is 1.89. The second-order valence-electron chi connectivity index (χ2n) is 7.65. The Morgan fingerprint density at radius 2 is 2.03 bits per heavy atom. The van der Waals surface area contributed by atoms with Gasteiger partial charge in [-0.25, -0.2) is 4.68 Å². The van der Waals surface area contributed by atoms with Gasteiger partial charge in [-0.05, 0) is 30.7 Å². The van der Waals surface area contributed by atoms with Gasteiger partial charge >= 0.3 is 0 Å². The summed E-state index contributed by atoms with van der Waals surface area (Å²) in [6.07, 6.45) is 7.61. The van der Waals surface area contributed by atoms with Gasteiger partial charge in [0.15, 0.2) is 5.82 Å². The Morgan fingerprint density at radius 1 is 1.19 bits per heavy atom. The van der Waals surface area contributed by atoms with Crippen LogP contribution in [0.4, 0.5) is 17.3 Å². The normalized spacial score (nSPS) is 15.8. The van der Waals surface area contributed by atoms with Crippen LogP contribution in [-0.2, 0) is 18.3 Å². The lowest BCUT2D eigenvalue weighted by Crippen LogP contribution is -2.40. The molecule has 31 heavy (non-hydrogen) atoms. The number of carbonyl (C=O) groups is 1. The number of aryl methyl sites for hydroxylation is 2. The summed E-state index contributed by atoms with van der Waals surface area (Å²) in [5, 5.41) is 12.0. The smallest absolute Gasteiger partial charge is 0.254 e. The van der Waals surface area contributed by atoms with Gasteiger partial charge < -0.3 is 19.9 Å². The highest BCUT2D eigenvalue weighted by atomic mass is 16.5. The molecule has 2 aliphatic rings. The molecule has 0 spiro atoms. The average molecular weight is 420 g/mol. The first-order chi connectivity index (χ1) is 15.1. The van der Waals surface area contributed by atoms with E-state index in [1.165, 1.54) is 0 Å². The first kappa shape index (κ1) is 19.3. The number of hydrogen-bond donors (Lipinski definition) is 1. The van der Waals surface area contributed by atoms with Crippen LogP contribution in [0.3, 0.4) is 0 Å². The molecular weight excluding hydrogens is 396 g/mol. The van der Waals surface area contributed by atoms with Gasteiger partial charge in [0.1, 0.15) is 0 Å². The topological polar surface area (TPSA) is 93.3 Å². The molecule has 1 amide bonds. The third-order valence-corrected chi connectivity index (χ3v) is 5.44. The number of morpholine rings is 1. The summed E-state index contributed by atoms with van der Waals surface area (Å²) in [4.78, 5) is 21.3. The van der Waals surface area contributed by atoms with Gasteiger partial charge in [-0.15, -0.1) is 5.10 Å². The minimum absolute atomic E-state index is 0.0450. The Balaban J connectivity index is 1.29. The molecule has 10 heteroatoms. The third kappa shape index (κ3) is 3.89. The van der Waals surface area contributed by atoms with Crippen LogP contribution in [0.2, 0.25) is 0 Å².